The molecule has 10 nitrogen and oxygen atoms in total. The van der Waals surface area contributed by atoms with Crippen LogP contribution in [0.3, 0.4) is 0 Å². The van der Waals surface area contributed by atoms with Crippen LogP contribution in [0.15, 0.2) is 60.7 Å². The molecule has 2 aromatic carbocycles. The van der Waals surface area contributed by atoms with E-state index < -0.39 is 24.2 Å². The average Bonchev–Trinajstić information content (AvgIpc) is 2.84. The fourth-order valence-electron chi connectivity index (χ4n) is 1.81. The minimum absolute atomic E-state index is 0.214. The number of carbonyl (C=O) groups is 4. The summed E-state index contributed by atoms with van der Waals surface area (Å²) in [6, 6.07) is 16.6. The Morgan fingerprint density at radius 3 is 1.22 bits per heavy atom. The van der Waals surface area contributed by atoms with Gasteiger partial charge in [0.15, 0.2) is 0 Å². The van der Waals surface area contributed by atoms with Crippen LogP contribution in [0.25, 0.3) is 0 Å². The molecule has 172 valence electrons. The van der Waals surface area contributed by atoms with Crippen molar-refractivity contribution in [2.24, 2.45) is 0 Å². The SMILES string of the molecule is CCCOC(=O)OOC(=O)OCCC.O=C(OOC(=O)c1ccccc1)c1ccccc1. The second-order valence-electron chi connectivity index (χ2n) is 5.84. The van der Waals surface area contributed by atoms with Gasteiger partial charge in [0.25, 0.3) is 0 Å². The monoisotopic (exact) mass is 448 g/mol. The molecule has 0 saturated carbocycles. The summed E-state index contributed by atoms with van der Waals surface area (Å²) in [6.45, 7) is 4.08. The van der Waals surface area contributed by atoms with Gasteiger partial charge in [-0.15, -0.1) is 0 Å². The lowest BCUT2D eigenvalue weighted by Gasteiger charge is -2.03. The fourth-order valence-corrected chi connectivity index (χ4v) is 1.81. The van der Waals surface area contributed by atoms with Crippen LogP contribution < -0.4 is 0 Å². The summed E-state index contributed by atoms with van der Waals surface area (Å²) in [7, 11) is 0. The van der Waals surface area contributed by atoms with Gasteiger partial charge in [-0.25, -0.2) is 19.4 Å². The highest BCUT2D eigenvalue weighted by Crippen LogP contribution is 2.05. The predicted octanol–water partition coefficient (Wildman–Crippen LogP) is 4.64. The van der Waals surface area contributed by atoms with Crippen LogP contribution in [0.4, 0.5) is 9.59 Å². The van der Waals surface area contributed by atoms with Crippen molar-refractivity contribution < 1.29 is 48.2 Å². The van der Waals surface area contributed by atoms with Crippen LogP contribution in [-0.4, -0.2) is 37.5 Å². The number of benzene rings is 2. The van der Waals surface area contributed by atoms with E-state index in [1.165, 1.54) is 0 Å². The van der Waals surface area contributed by atoms with Gasteiger partial charge in [0.05, 0.1) is 24.3 Å². The summed E-state index contributed by atoms with van der Waals surface area (Å²) >= 11 is 0. The smallest absolute Gasteiger partial charge is 0.432 e. The lowest BCUT2D eigenvalue weighted by molar-refractivity contribution is -0.217. The Balaban J connectivity index is 0.000000333. The molecule has 0 spiro atoms. The van der Waals surface area contributed by atoms with Gasteiger partial charge in [0.2, 0.25) is 0 Å². The van der Waals surface area contributed by atoms with Crippen molar-refractivity contribution >= 4 is 24.2 Å². The standard InChI is InChI=1S/C14H10O4.C8H14O6/c15-13(11-7-3-1-4-8-11)17-18-14(16)12-9-5-2-6-10-12;1-3-5-11-7(9)13-14-8(10)12-6-4-2/h1-10H;3-6H2,1-2H3. The van der Waals surface area contributed by atoms with Crippen LogP contribution in [0.1, 0.15) is 47.4 Å². The van der Waals surface area contributed by atoms with Gasteiger partial charge in [0, 0.05) is 0 Å². The summed E-state index contributed by atoms with van der Waals surface area (Å²) in [4.78, 5) is 61.0. The van der Waals surface area contributed by atoms with Crippen molar-refractivity contribution in [1.29, 1.82) is 0 Å². The van der Waals surface area contributed by atoms with E-state index in [0.717, 1.165) is 0 Å². The van der Waals surface area contributed by atoms with Crippen molar-refractivity contribution in [3.8, 4) is 0 Å². The minimum Gasteiger partial charge on any atom is -0.432 e. The number of rotatable bonds is 6. The molecule has 0 aromatic heterocycles. The second-order valence-corrected chi connectivity index (χ2v) is 5.84. The third kappa shape index (κ3) is 11.2. The van der Waals surface area contributed by atoms with Crippen molar-refractivity contribution in [3.05, 3.63) is 71.8 Å². The van der Waals surface area contributed by atoms with E-state index in [2.05, 4.69) is 29.0 Å². The Labute approximate surface area is 184 Å². The molecule has 0 atom stereocenters. The zero-order valence-electron chi connectivity index (χ0n) is 17.7. The number of carbonyl (C=O) groups excluding carboxylic acids is 4. The van der Waals surface area contributed by atoms with Crippen molar-refractivity contribution in [2.45, 2.75) is 26.7 Å². The van der Waals surface area contributed by atoms with E-state index in [-0.39, 0.29) is 13.2 Å². The van der Waals surface area contributed by atoms with Gasteiger partial charge in [-0.1, -0.05) is 50.2 Å². The molecule has 2 aromatic rings. The minimum atomic E-state index is -1.06. The third-order valence-corrected chi connectivity index (χ3v) is 3.24. The van der Waals surface area contributed by atoms with Crippen LogP contribution in [0, 0.1) is 0 Å². The molecule has 0 aliphatic rings. The summed E-state index contributed by atoms with van der Waals surface area (Å²) in [5, 5.41) is 0. The highest BCUT2D eigenvalue weighted by molar-refractivity contribution is 5.92. The molecule has 0 aliphatic heterocycles. The zero-order chi connectivity index (χ0) is 23.6. The molecule has 0 N–H and O–H groups in total. The maximum atomic E-state index is 11.5. The molecule has 0 bridgehead atoms. The van der Waals surface area contributed by atoms with Crippen LogP contribution in [0.2, 0.25) is 0 Å². The van der Waals surface area contributed by atoms with Crippen LogP contribution >= 0.6 is 0 Å². The molecule has 32 heavy (non-hydrogen) atoms. The molecule has 0 radical (unpaired) electrons. The number of hydrogen-bond acceptors (Lipinski definition) is 10. The van der Waals surface area contributed by atoms with Gasteiger partial charge < -0.3 is 9.47 Å². The van der Waals surface area contributed by atoms with E-state index in [0.29, 0.717) is 24.0 Å². The average molecular weight is 448 g/mol. The first-order chi connectivity index (χ1) is 15.5. The first-order valence-electron chi connectivity index (χ1n) is 9.69. The maximum Gasteiger partial charge on any atom is 0.549 e. The molecule has 2 rings (SSSR count). The van der Waals surface area contributed by atoms with E-state index in [1.54, 1.807) is 60.7 Å². The Bertz CT molecular complexity index is 765. The van der Waals surface area contributed by atoms with Gasteiger partial charge >= 0.3 is 24.2 Å². The van der Waals surface area contributed by atoms with Gasteiger partial charge in [-0.05, 0) is 37.1 Å². The molecular formula is C22H24O10. The first kappa shape index (κ1) is 26.0. The molecule has 0 fully saturated rings. The molecule has 0 saturated heterocycles. The van der Waals surface area contributed by atoms with Gasteiger partial charge in [-0.2, -0.15) is 19.4 Å². The topological polar surface area (TPSA) is 124 Å². The highest BCUT2D eigenvalue weighted by atomic mass is 17.3. The second kappa shape index (κ2) is 15.7. The molecular weight excluding hydrogens is 424 g/mol. The molecule has 0 amide bonds. The fraction of sp³-hybridized carbons (Fsp3) is 0.273. The van der Waals surface area contributed by atoms with Crippen molar-refractivity contribution in [2.75, 3.05) is 13.2 Å². The van der Waals surface area contributed by atoms with Gasteiger partial charge in [0.1, 0.15) is 0 Å². The normalized spacial score (nSPS) is 9.31. The summed E-state index contributed by atoms with van der Waals surface area (Å²) in [6.07, 6.45) is -0.786. The Morgan fingerprint density at radius 2 is 0.906 bits per heavy atom. The third-order valence-electron chi connectivity index (χ3n) is 3.24. The molecule has 0 unspecified atom stereocenters. The predicted molar refractivity (Wildman–Crippen MR) is 109 cm³/mol. The largest absolute Gasteiger partial charge is 0.549 e. The van der Waals surface area contributed by atoms with Crippen molar-refractivity contribution in [1.82, 2.24) is 0 Å². The Hall–Kier alpha value is -4.08. The molecule has 0 heterocycles. The van der Waals surface area contributed by atoms with Crippen LogP contribution in [-0.2, 0) is 29.0 Å². The van der Waals surface area contributed by atoms with Gasteiger partial charge in [-0.3, -0.25) is 0 Å². The lowest BCUT2D eigenvalue weighted by atomic mass is 10.2. The molecule has 10 heteroatoms. The zero-order valence-corrected chi connectivity index (χ0v) is 17.7. The summed E-state index contributed by atoms with van der Waals surface area (Å²) < 4.78 is 8.90. The number of hydrogen-bond donors (Lipinski definition) is 0. The quantitative estimate of drug-likeness (QED) is 0.350. The van der Waals surface area contributed by atoms with E-state index in [1.807, 2.05) is 13.8 Å². The number of ether oxygens (including phenoxy) is 2. The van der Waals surface area contributed by atoms with E-state index >= 15 is 0 Å². The maximum absolute atomic E-state index is 11.5. The summed E-state index contributed by atoms with van der Waals surface area (Å²) in [5.41, 5.74) is 0.636. The Morgan fingerprint density at radius 1 is 0.562 bits per heavy atom. The van der Waals surface area contributed by atoms with E-state index in [9.17, 15) is 19.2 Å². The summed E-state index contributed by atoms with van der Waals surface area (Å²) in [5.74, 6) is -1.42. The first-order valence-corrected chi connectivity index (χ1v) is 9.69. The van der Waals surface area contributed by atoms with Crippen molar-refractivity contribution in [3.63, 3.8) is 0 Å². The lowest BCUT2D eigenvalue weighted by Crippen LogP contribution is -2.14. The van der Waals surface area contributed by atoms with E-state index in [4.69, 9.17) is 0 Å². The van der Waals surface area contributed by atoms with Crippen LogP contribution in [0.5, 0.6) is 0 Å². The molecule has 0 aliphatic carbocycles. The Kier molecular flexibility index (Phi) is 12.8. The highest BCUT2D eigenvalue weighted by Gasteiger charge is 2.13.